The highest BCUT2D eigenvalue weighted by Gasteiger charge is 2.37. The minimum atomic E-state index is -3.10. The summed E-state index contributed by atoms with van der Waals surface area (Å²) in [7, 11) is -3.10. The van der Waals surface area contributed by atoms with Gasteiger partial charge in [0.1, 0.15) is 0 Å². The van der Waals surface area contributed by atoms with Gasteiger partial charge in [0.15, 0.2) is 0 Å². The van der Waals surface area contributed by atoms with Crippen LogP contribution in [0.5, 0.6) is 0 Å². The fraction of sp³-hybridized carbons (Fsp3) is 1.00. The van der Waals surface area contributed by atoms with E-state index >= 15 is 0 Å². The lowest BCUT2D eigenvalue weighted by Gasteiger charge is -2.40. The largest absolute Gasteiger partial charge is 0.390 e. The normalized spacial score (nSPS) is 23.3. The molecule has 0 bridgehead atoms. The van der Waals surface area contributed by atoms with Crippen molar-refractivity contribution in [1.82, 2.24) is 4.31 Å². The second kappa shape index (κ2) is 4.27. The van der Waals surface area contributed by atoms with Gasteiger partial charge in [0.05, 0.1) is 11.9 Å². The molecule has 4 nitrogen and oxygen atoms in total. The number of hydrogen-bond donors (Lipinski definition) is 1. The van der Waals surface area contributed by atoms with Crippen LogP contribution >= 0.6 is 0 Å². The van der Waals surface area contributed by atoms with Gasteiger partial charge in [-0.15, -0.1) is 0 Å². The second-order valence-corrected chi connectivity index (χ2v) is 8.11. The molecule has 5 heteroatoms. The van der Waals surface area contributed by atoms with Crippen LogP contribution in [0.25, 0.3) is 0 Å². The highest BCUT2D eigenvalue weighted by molar-refractivity contribution is 7.88. The number of aliphatic hydroxyl groups is 1. The maximum Gasteiger partial charge on any atom is 0.211 e. The van der Waals surface area contributed by atoms with E-state index < -0.39 is 15.6 Å². The van der Waals surface area contributed by atoms with Crippen molar-refractivity contribution in [2.24, 2.45) is 5.41 Å². The van der Waals surface area contributed by atoms with Crippen molar-refractivity contribution in [3.63, 3.8) is 0 Å². The summed E-state index contributed by atoms with van der Waals surface area (Å²) in [6.07, 6.45) is 3.02. The van der Waals surface area contributed by atoms with Crippen molar-refractivity contribution in [3.8, 4) is 0 Å². The molecular formula is C11H23NO3S. The van der Waals surface area contributed by atoms with Gasteiger partial charge in [-0.25, -0.2) is 12.7 Å². The van der Waals surface area contributed by atoms with Crippen molar-refractivity contribution >= 4 is 10.0 Å². The second-order valence-electron chi connectivity index (χ2n) is 6.12. The van der Waals surface area contributed by atoms with Gasteiger partial charge in [-0.2, -0.15) is 0 Å². The lowest BCUT2D eigenvalue weighted by Crippen LogP contribution is -2.47. The summed E-state index contributed by atoms with van der Waals surface area (Å²) in [5.41, 5.74) is -0.624. The molecule has 1 fully saturated rings. The average Bonchev–Trinajstić information content (AvgIpc) is 1.98. The molecule has 0 aliphatic carbocycles. The SMILES string of the molecule is CC(C)(C)CC1(O)CCN(S(C)(=O)=O)CC1. The van der Waals surface area contributed by atoms with Crippen LogP contribution in [-0.4, -0.2) is 42.8 Å². The van der Waals surface area contributed by atoms with E-state index in [2.05, 4.69) is 20.8 Å². The van der Waals surface area contributed by atoms with Crippen molar-refractivity contribution in [3.05, 3.63) is 0 Å². The van der Waals surface area contributed by atoms with Crippen molar-refractivity contribution in [1.29, 1.82) is 0 Å². The van der Waals surface area contributed by atoms with E-state index in [0.29, 0.717) is 25.9 Å². The van der Waals surface area contributed by atoms with Gasteiger partial charge in [0.25, 0.3) is 0 Å². The number of piperidine rings is 1. The monoisotopic (exact) mass is 249 g/mol. The Bertz CT molecular complexity index is 335. The Labute approximate surface area is 98.7 Å². The summed E-state index contributed by atoms with van der Waals surface area (Å²) in [5.74, 6) is 0. The highest BCUT2D eigenvalue weighted by atomic mass is 32.2. The maximum absolute atomic E-state index is 11.3. The molecular weight excluding hydrogens is 226 g/mol. The highest BCUT2D eigenvalue weighted by Crippen LogP contribution is 2.34. The molecule has 0 radical (unpaired) electrons. The maximum atomic E-state index is 11.3. The van der Waals surface area contributed by atoms with E-state index in [1.165, 1.54) is 10.6 Å². The first-order chi connectivity index (χ1) is 7.02. The van der Waals surface area contributed by atoms with Gasteiger partial charge in [-0.3, -0.25) is 0 Å². The van der Waals surface area contributed by atoms with E-state index in [0.717, 1.165) is 6.42 Å². The van der Waals surface area contributed by atoms with E-state index in [1.54, 1.807) is 0 Å². The van der Waals surface area contributed by atoms with Gasteiger partial charge < -0.3 is 5.11 Å². The minimum Gasteiger partial charge on any atom is -0.390 e. The lowest BCUT2D eigenvalue weighted by atomic mass is 9.77. The predicted molar refractivity (Wildman–Crippen MR) is 64.7 cm³/mol. The van der Waals surface area contributed by atoms with E-state index in [1.807, 2.05) is 0 Å². The molecule has 0 unspecified atom stereocenters. The first-order valence-electron chi connectivity index (χ1n) is 5.69. The van der Waals surface area contributed by atoms with Crippen LogP contribution in [0, 0.1) is 5.41 Å². The summed E-state index contributed by atoms with van der Waals surface area (Å²) >= 11 is 0. The first-order valence-corrected chi connectivity index (χ1v) is 7.54. The van der Waals surface area contributed by atoms with E-state index in [9.17, 15) is 13.5 Å². The van der Waals surface area contributed by atoms with Crippen LogP contribution in [0.15, 0.2) is 0 Å². The summed E-state index contributed by atoms with van der Waals surface area (Å²) in [6, 6.07) is 0. The molecule has 0 aromatic rings. The van der Waals surface area contributed by atoms with Gasteiger partial charge in [0, 0.05) is 13.1 Å². The molecule has 0 atom stereocenters. The molecule has 0 saturated carbocycles. The van der Waals surface area contributed by atoms with Crippen molar-refractivity contribution < 1.29 is 13.5 Å². The average molecular weight is 249 g/mol. The first kappa shape index (κ1) is 13.9. The Balaban J connectivity index is 2.60. The topological polar surface area (TPSA) is 57.6 Å². The third-order valence-electron chi connectivity index (χ3n) is 2.98. The van der Waals surface area contributed by atoms with Crippen LogP contribution in [-0.2, 0) is 10.0 Å². The van der Waals surface area contributed by atoms with E-state index in [-0.39, 0.29) is 5.41 Å². The molecule has 0 aromatic carbocycles. The molecule has 0 spiro atoms. The Morgan fingerprint density at radius 2 is 1.69 bits per heavy atom. The van der Waals surface area contributed by atoms with Crippen LogP contribution in [0.3, 0.4) is 0 Å². The molecule has 1 N–H and O–H groups in total. The number of rotatable bonds is 2. The number of sulfonamides is 1. The van der Waals surface area contributed by atoms with Gasteiger partial charge in [0.2, 0.25) is 10.0 Å². The summed E-state index contributed by atoms with van der Waals surface area (Å²) in [5, 5.41) is 10.4. The third-order valence-corrected chi connectivity index (χ3v) is 4.28. The zero-order valence-electron chi connectivity index (χ0n) is 10.7. The van der Waals surface area contributed by atoms with Crippen molar-refractivity contribution in [2.75, 3.05) is 19.3 Å². The van der Waals surface area contributed by atoms with Gasteiger partial charge in [-0.05, 0) is 24.7 Å². The van der Waals surface area contributed by atoms with Gasteiger partial charge >= 0.3 is 0 Å². The summed E-state index contributed by atoms with van der Waals surface area (Å²) < 4.78 is 24.1. The molecule has 1 rings (SSSR count). The van der Waals surface area contributed by atoms with Crippen molar-refractivity contribution in [2.45, 2.75) is 45.6 Å². The summed E-state index contributed by atoms with van der Waals surface area (Å²) in [4.78, 5) is 0. The Morgan fingerprint density at radius 1 is 1.25 bits per heavy atom. The molecule has 96 valence electrons. The molecule has 1 aliphatic rings. The zero-order valence-corrected chi connectivity index (χ0v) is 11.5. The Kier molecular flexibility index (Phi) is 3.72. The van der Waals surface area contributed by atoms with Gasteiger partial charge in [-0.1, -0.05) is 20.8 Å². The third kappa shape index (κ3) is 4.03. The molecule has 0 aromatic heterocycles. The molecule has 1 aliphatic heterocycles. The fourth-order valence-corrected chi connectivity index (χ4v) is 3.24. The Morgan fingerprint density at radius 3 is 2.00 bits per heavy atom. The van der Waals surface area contributed by atoms with E-state index in [4.69, 9.17) is 0 Å². The van der Waals surface area contributed by atoms with Crippen LogP contribution in [0.4, 0.5) is 0 Å². The number of nitrogens with zero attached hydrogens (tertiary/aromatic N) is 1. The van der Waals surface area contributed by atoms with Crippen LogP contribution in [0.2, 0.25) is 0 Å². The fourth-order valence-electron chi connectivity index (χ4n) is 2.40. The number of hydrogen-bond acceptors (Lipinski definition) is 3. The van der Waals surface area contributed by atoms with Crippen LogP contribution in [0.1, 0.15) is 40.0 Å². The zero-order chi connectivity index (χ0) is 12.6. The summed E-state index contributed by atoms with van der Waals surface area (Å²) in [6.45, 7) is 7.15. The lowest BCUT2D eigenvalue weighted by molar-refractivity contribution is -0.0357. The standard InChI is InChI=1S/C11H23NO3S/c1-10(2,3)9-11(13)5-7-12(8-6-11)16(4,14)15/h13H,5-9H2,1-4H3. The molecule has 1 heterocycles. The molecule has 1 saturated heterocycles. The smallest absolute Gasteiger partial charge is 0.211 e. The quantitative estimate of drug-likeness (QED) is 0.800. The molecule has 16 heavy (non-hydrogen) atoms. The minimum absolute atomic E-state index is 0.0714. The Hall–Kier alpha value is -0.130. The van der Waals surface area contributed by atoms with Crippen LogP contribution < -0.4 is 0 Å². The predicted octanol–water partition coefficient (Wildman–Crippen LogP) is 1.21. The molecule has 0 amide bonds.